The number of methoxy groups -OCH3 is 2. The van der Waals surface area contributed by atoms with E-state index in [1.807, 2.05) is 24.3 Å². The average molecular weight is 427 g/mol. The highest BCUT2D eigenvalue weighted by atomic mass is 16.5. The molecule has 1 fully saturated rings. The monoisotopic (exact) mass is 426 g/mol. The lowest BCUT2D eigenvalue weighted by molar-refractivity contribution is 0.0170. The molecule has 0 saturated carbocycles. The molecule has 0 amide bonds. The molecule has 1 saturated heterocycles. The number of nitrogens with one attached hydrogen (secondary N) is 2. The molecule has 1 atom stereocenters. The number of guanidine groups is 1. The van der Waals surface area contributed by atoms with Crippen molar-refractivity contribution in [3.63, 3.8) is 0 Å². The lowest BCUT2D eigenvalue weighted by Crippen LogP contribution is -2.46. The third kappa shape index (κ3) is 6.87. The van der Waals surface area contributed by atoms with Gasteiger partial charge in [-0.1, -0.05) is 24.3 Å². The number of benzene rings is 2. The largest absolute Gasteiger partial charge is 0.497 e. The SMILES string of the molecule is CN=C(NCCc1ccc(OC)cc1)NCC(c1ccc(OC)cc1)N1CCOCC1. The molecule has 1 aliphatic rings. The summed E-state index contributed by atoms with van der Waals surface area (Å²) < 4.78 is 16.1. The summed E-state index contributed by atoms with van der Waals surface area (Å²) >= 11 is 0. The van der Waals surface area contributed by atoms with Crippen LogP contribution in [-0.2, 0) is 11.2 Å². The molecule has 2 N–H and O–H groups in total. The third-order valence-corrected chi connectivity index (χ3v) is 5.54. The number of nitrogens with zero attached hydrogens (tertiary/aromatic N) is 2. The van der Waals surface area contributed by atoms with Gasteiger partial charge in [0.1, 0.15) is 11.5 Å². The van der Waals surface area contributed by atoms with Gasteiger partial charge in [-0.05, 0) is 41.8 Å². The molecule has 0 spiro atoms. The summed E-state index contributed by atoms with van der Waals surface area (Å²) in [5.41, 5.74) is 2.51. The van der Waals surface area contributed by atoms with Crippen molar-refractivity contribution >= 4 is 5.96 Å². The van der Waals surface area contributed by atoms with Crippen LogP contribution in [0.3, 0.4) is 0 Å². The van der Waals surface area contributed by atoms with Gasteiger partial charge in [-0.25, -0.2) is 0 Å². The van der Waals surface area contributed by atoms with Gasteiger partial charge in [-0.15, -0.1) is 0 Å². The highest BCUT2D eigenvalue weighted by Crippen LogP contribution is 2.23. The van der Waals surface area contributed by atoms with Crippen LogP contribution in [0.4, 0.5) is 0 Å². The molecule has 2 aromatic rings. The number of rotatable bonds is 9. The minimum atomic E-state index is 0.231. The smallest absolute Gasteiger partial charge is 0.191 e. The predicted molar refractivity (Wildman–Crippen MR) is 124 cm³/mol. The first-order valence-electron chi connectivity index (χ1n) is 10.8. The van der Waals surface area contributed by atoms with E-state index in [9.17, 15) is 0 Å². The number of aliphatic imine (C=N–C) groups is 1. The first kappa shape index (κ1) is 22.9. The lowest BCUT2D eigenvalue weighted by atomic mass is 10.0. The lowest BCUT2D eigenvalue weighted by Gasteiger charge is -2.35. The molecule has 1 aliphatic heterocycles. The minimum absolute atomic E-state index is 0.231. The Labute approximate surface area is 185 Å². The van der Waals surface area contributed by atoms with Crippen LogP contribution in [0.2, 0.25) is 0 Å². The van der Waals surface area contributed by atoms with Crippen molar-refractivity contribution in [2.24, 2.45) is 4.99 Å². The Morgan fingerprint density at radius 2 is 1.58 bits per heavy atom. The summed E-state index contributed by atoms with van der Waals surface area (Å²) in [6.45, 7) is 4.93. The van der Waals surface area contributed by atoms with E-state index in [2.05, 4.69) is 44.8 Å². The Bertz CT molecular complexity index is 803. The highest BCUT2D eigenvalue weighted by Gasteiger charge is 2.23. The van der Waals surface area contributed by atoms with Gasteiger partial charge >= 0.3 is 0 Å². The molecule has 0 aliphatic carbocycles. The van der Waals surface area contributed by atoms with Gasteiger partial charge in [0.05, 0.1) is 33.5 Å². The summed E-state index contributed by atoms with van der Waals surface area (Å²) in [5, 5.41) is 6.92. The van der Waals surface area contributed by atoms with Crippen molar-refractivity contribution in [1.29, 1.82) is 0 Å². The number of hydrogen-bond donors (Lipinski definition) is 2. The van der Waals surface area contributed by atoms with E-state index in [4.69, 9.17) is 14.2 Å². The molecule has 0 aromatic heterocycles. The summed E-state index contributed by atoms with van der Waals surface area (Å²) in [6.07, 6.45) is 0.913. The second-order valence-electron chi connectivity index (χ2n) is 7.42. The molecule has 0 bridgehead atoms. The molecular formula is C24H34N4O3. The van der Waals surface area contributed by atoms with E-state index in [-0.39, 0.29) is 6.04 Å². The fourth-order valence-electron chi connectivity index (χ4n) is 3.70. The Balaban J connectivity index is 1.56. The van der Waals surface area contributed by atoms with Crippen LogP contribution < -0.4 is 20.1 Å². The summed E-state index contributed by atoms with van der Waals surface area (Å²) in [7, 11) is 5.18. The molecule has 1 unspecified atom stereocenters. The average Bonchev–Trinajstić information content (AvgIpc) is 2.84. The first-order valence-corrected chi connectivity index (χ1v) is 10.8. The van der Waals surface area contributed by atoms with E-state index in [1.165, 1.54) is 11.1 Å². The third-order valence-electron chi connectivity index (χ3n) is 5.54. The summed E-state index contributed by atoms with van der Waals surface area (Å²) in [4.78, 5) is 6.86. The van der Waals surface area contributed by atoms with Crippen molar-refractivity contribution < 1.29 is 14.2 Å². The zero-order valence-electron chi connectivity index (χ0n) is 18.8. The van der Waals surface area contributed by atoms with E-state index in [0.29, 0.717) is 0 Å². The number of morpholine rings is 1. The zero-order valence-corrected chi connectivity index (χ0v) is 18.8. The molecule has 7 heteroatoms. The molecule has 168 valence electrons. The van der Waals surface area contributed by atoms with Crippen molar-refractivity contribution in [3.8, 4) is 11.5 Å². The van der Waals surface area contributed by atoms with Crippen molar-refractivity contribution in [1.82, 2.24) is 15.5 Å². The second kappa shape index (κ2) is 12.2. The number of hydrogen-bond acceptors (Lipinski definition) is 5. The standard InChI is InChI=1S/C24H34N4O3/c1-25-24(26-13-12-19-4-8-21(29-2)9-5-19)27-18-23(28-14-16-31-17-15-28)20-6-10-22(30-3)11-7-20/h4-11,23H,12-18H2,1-3H3,(H2,25,26,27). The van der Waals surface area contributed by atoms with Gasteiger partial charge in [-0.2, -0.15) is 0 Å². The van der Waals surface area contributed by atoms with Gasteiger partial charge in [0.15, 0.2) is 5.96 Å². The van der Waals surface area contributed by atoms with E-state index >= 15 is 0 Å². The van der Waals surface area contributed by atoms with E-state index in [0.717, 1.165) is 63.3 Å². The zero-order chi connectivity index (χ0) is 21.9. The van der Waals surface area contributed by atoms with E-state index in [1.54, 1.807) is 21.3 Å². The summed E-state index contributed by atoms with van der Waals surface area (Å²) in [6, 6.07) is 16.7. The van der Waals surface area contributed by atoms with Crippen molar-refractivity contribution in [3.05, 3.63) is 59.7 Å². The quantitative estimate of drug-likeness (QED) is 0.474. The molecular weight excluding hydrogens is 392 g/mol. The molecule has 31 heavy (non-hydrogen) atoms. The normalized spacial score (nSPS) is 15.9. The van der Waals surface area contributed by atoms with Crippen LogP contribution in [0.5, 0.6) is 11.5 Å². The van der Waals surface area contributed by atoms with Crippen molar-refractivity contribution in [2.45, 2.75) is 12.5 Å². The van der Waals surface area contributed by atoms with Gasteiger partial charge in [0, 0.05) is 33.2 Å². The van der Waals surface area contributed by atoms with Gasteiger partial charge in [0.25, 0.3) is 0 Å². The van der Waals surface area contributed by atoms with Crippen LogP contribution in [0.15, 0.2) is 53.5 Å². The van der Waals surface area contributed by atoms with Crippen LogP contribution in [0.25, 0.3) is 0 Å². The Morgan fingerprint density at radius 3 is 2.16 bits per heavy atom. The van der Waals surface area contributed by atoms with Crippen LogP contribution in [0, 0.1) is 0 Å². The molecule has 7 nitrogen and oxygen atoms in total. The first-order chi connectivity index (χ1) is 15.2. The van der Waals surface area contributed by atoms with Gasteiger partial charge < -0.3 is 24.8 Å². The second-order valence-corrected chi connectivity index (χ2v) is 7.42. The van der Waals surface area contributed by atoms with Crippen molar-refractivity contribution in [2.75, 3.05) is 60.7 Å². The van der Waals surface area contributed by atoms with E-state index < -0.39 is 0 Å². The maximum atomic E-state index is 5.55. The topological polar surface area (TPSA) is 67.4 Å². The van der Waals surface area contributed by atoms with Crippen LogP contribution in [-0.4, -0.2) is 71.5 Å². The molecule has 2 aromatic carbocycles. The maximum absolute atomic E-state index is 5.55. The Kier molecular flexibility index (Phi) is 8.99. The minimum Gasteiger partial charge on any atom is -0.497 e. The Hall–Kier alpha value is -2.77. The van der Waals surface area contributed by atoms with Crippen LogP contribution >= 0.6 is 0 Å². The molecule has 1 heterocycles. The molecule has 0 radical (unpaired) electrons. The van der Waals surface area contributed by atoms with Gasteiger partial charge in [-0.3, -0.25) is 9.89 Å². The fourth-order valence-corrected chi connectivity index (χ4v) is 3.70. The Morgan fingerprint density at radius 1 is 0.968 bits per heavy atom. The van der Waals surface area contributed by atoms with Gasteiger partial charge in [0.2, 0.25) is 0 Å². The highest BCUT2D eigenvalue weighted by molar-refractivity contribution is 5.79. The maximum Gasteiger partial charge on any atom is 0.191 e. The fraction of sp³-hybridized carbons (Fsp3) is 0.458. The predicted octanol–water partition coefficient (Wildman–Crippen LogP) is 2.48. The summed E-state index contributed by atoms with van der Waals surface area (Å²) in [5.74, 6) is 2.55. The molecule has 3 rings (SSSR count). The van der Waals surface area contributed by atoms with Crippen LogP contribution in [0.1, 0.15) is 17.2 Å². The number of ether oxygens (including phenoxy) is 3.